The molecule has 0 aliphatic carbocycles. The highest BCUT2D eigenvalue weighted by Gasteiger charge is 2.07. The van der Waals surface area contributed by atoms with Crippen LogP contribution in [0.5, 0.6) is 5.75 Å². The predicted molar refractivity (Wildman–Crippen MR) is 120 cm³/mol. The zero-order valence-electron chi connectivity index (χ0n) is 17.0. The minimum atomic E-state index is -0.186. The van der Waals surface area contributed by atoms with Crippen LogP contribution in [0, 0.1) is 0 Å². The van der Waals surface area contributed by atoms with Gasteiger partial charge in [0, 0.05) is 28.7 Å². The van der Waals surface area contributed by atoms with Gasteiger partial charge in [0.15, 0.2) is 0 Å². The fourth-order valence-corrected chi connectivity index (χ4v) is 2.81. The first-order valence-electron chi connectivity index (χ1n) is 9.76. The average Bonchev–Trinajstić information content (AvgIpc) is 2.73. The molecule has 0 aliphatic rings. The van der Waals surface area contributed by atoms with Crippen LogP contribution in [0.4, 0.5) is 17.1 Å². The van der Waals surface area contributed by atoms with Crippen LogP contribution in [0.3, 0.4) is 0 Å². The van der Waals surface area contributed by atoms with Crippen molar-refractivity contribution in [2.45, 2.75) is 20.0 Å². The van der Waals surface area contributed by atoms with E-state index in [2.05, 4.69) is 16.0 Å². The van der Waals surface area contributed by atoms with Gasteiger partial charge in [-0.15, -0.1) is 0 Å². The Morgan fingerprint density at radius 1 is 0.800 bits per heavy atom. The molecule has 3 rings (SSSR count). The molecule has 0 bridgehead atoms. The van der Waals surface area contributed by atoms with E-state index in [0.29, 0.717) is 22.7 Å². The van der Waals surface area contributed by atoms with Gasteiger partial charge in [-0.05, 0) is 56.3 Å². The summed E-state index contributed by atoms with van der Waals surface area (Å²) in [6.45, 7) is 3.99. The molecule has 0 spiro atoms. The molecule has 0 aliphatic heterocycles. The quantitative estimate of drug-likeness (QED) is 0.506. The van der Waals surface area contributed by atoms with Crippen LogP contribution in [0.25, 0.3) is 0 Å². The summed E-state index contributed by atoms with van der Waals surface area (Å²) in [5.74, 6) is 0.335. The molecule has 3 aromatic carbocycles. The average molecular weight is 403 g/mol. The van der Waals surface area contributed by atoms with Crippen molar-refractivity contribution >= 4 is 28.9 Å². The van der Waals surface area contributed by atoms with Crippen molar-refractivity contribution in [3.8, 4) is 5.75 Å². The maximum Gasteiger partial charge on any atom is 0.255 e. The summed E-state index contributed by atoms with van der Waals surface area (Å²) < 4.78 is 5.64. The number of anilines is 3. The van der Waals surface area contributed by atoms with Crippen molar-refractivity contribution in [3.63, 3.8) is 0 Å². The highest BCUT2D eigenvalue weighted by Crippen LogP contribution is 2.19. The van der Waals surface area contributed by atoms with Gasteiger partial charge in [0.25, 0.3) is 5.91 Å². The molecule has 154 valence electrons. The van der Waals surface area contributed by atoms with Gasteiger partial charge in [0.1, 0.15) is 5.75 Å². The summed E-state index contributed by atoms with van der Waals surface area (Å²) >= 11 is 0. The van der Waals surface area contributed by atoms with E-state index in [-0.39, 0.29) is 24.5 Å². The lowest BCUT2D eigenvalue weighted by Crippen LogP contribution is -2.22. The Morgan fingerprint density at radius 2 is 1.47 bits per heavy atom. The molecular weight excluding hydrogens is 378 g/mol. The van der Waals surface area contributed by atoms with E-state index in [9.17, 15) is 9.59 Å². The molecule has 0 radical (unpaired) electrons. The molecule has 0 saturated carbocycles. The van der Waals surface area contributed by atoms with Crippen molar-refractivity contribution in [3.05, 3.63) is 84.4 Å². The lowest BCUT2D eigenvalue weighted by atomic mass is 10.2. The molecule has 30 heavy (non-hydrogen) atoms. The standard InChI is InChI=1S/C24H25N3O3/c1-17(2)30-22-13-7-12-21(15-22)26-23(28)16-25-19-10-6-11-20(14-19)27-24(29)18-8-4-3-5-9-18/h3-15,17,25H,16H2,1-2H3,(H,26,28)(H,27,29). The third-order valence-corrected chi connectivity index (χ3v) is 4.10. The first kappa shape index (κ1) is 20.9. The molecule has 3 N–H and O–H groups in total. The molecule has 0 aromatic heterocycles. The topological polar surface area (TPSA) is 79.5 Å². The van der Waals surface area contributed by atoms with Crippen molar-refractivity contribution in [2.24, 2.45) is 0 Å². The Morgan fingerprint density at radius 3 is 2.20 bits per heavy atom. The molecule has 2 amide bonds. The van der Waals surface area contributed by atoms with Gasteiger partial charge in [-0.25, -0.2) is 0 Å². The number of carbonyl (C=O) groups is 2. The first-order chi connectivity index (χ1) is 14.5. The summed E-state index contributed by atoms with van der Waals surface area (Å²) in [5, 5.41) is 8.77. The molecule has 0 heterocycles. The first-order valence-corrected chi connectivity index (χ1v) is 9.76. The van der Waals surface area contributed by atoms with Crippen molar-refractivity contribution in [2.75, 3.05) is 22.5 Å². The highest BCUT2D eigenvalue weighted by atomic mass is 16.5. The smallest absolute Gasteiger partial charge is 0.255 e. The maximum absolute atomic E-state index is 12.3. The van der Waals surface area contributed by atoms with Crippen molar-refractivity contribution in [1.29, 1.82) is 0 Å². The third-order valence-electron chi connectivity index (χ3n) is 4.10. The molecule has 6 heteroatoms. The van der Waals surface area contributed by atoms with Gasteiger partial charge in [-0.3, -0.25) is 9.59 Å². The van der Waals surface area contributed by atoms with Crippen molar-refractivity contribution < 1.29 is 14.3 Å². The number of ether oxygens (including phenoxy) is 1. The summed E-state index contributed by atoms with van der Waals surface area (Å²) in [5.41, 5.74) is 2.63. The van der Waals surface area contributed by atoms with Crippen LogP contribution < -0.4 is 20.7 Å². The monoisotopic (exact) mass is 403 g/mol. The number of hydrogen-bond donors (Lipinski definition) is 3. The maximum atomic E-state index is 12.3. The van der Waals surface area contributed by atoms with Gasteiger partial charge in [-0.2, -0.15) is 0 Å². The fourth-order valence-electron chi connectivity index (χ4n) is 2.81. The Labute approximate surface area is 176 Å². The summed E-state index contributed by atoms with van der Waals surface area (Å²) in [4.78, 5) is 24.6. The number of carbonyl (C=O) groups excluding carboxylic acids is 2. The molecular formula is C24H25N3O3. The number of amides is 2. The third kappa shape index (κ3) is 6.38. The SMILES string of the molecule is CC(C)Oc1cccc(NC(=O)CNc2cccc(NC(=O)c3ccccc3)c2)c1. The van der Waals surface area contributed by atoms with Crippen LogP contribution in [0.15, 0.2) is 78.9 Å². The van der Waals surface area contributed by atoms with E-state index in [1.807, 2.05) is 62.4 Å². The van der Waals surface area contributed by atoms with E-state index in [0.717, 1.165) is 5.69 Å². The second-order valence-electron chi connectivity index (χ2n) is 7.00. The van der Waals surface area contributed by atoms with Gasteiger partial charge in [-0.1, -0.05) is 30.3 Å². The van der Waals surface area contributed by atoms with E-state index in [1.54, 1.807) is 30.3 Å². The van der Waals surface area contributed by atoms with E-state index < -0.39 is 0 Å². The van der Waals surface area contributed by atoms with Crippen LogP contribution in [0.1, 0.15) is 24.2 Å². The minimum absolute atomic E-state index is 0.0623. The number of benzene rings is 3. The van der Waals surface area contributed by atoms with Crippen molar-refractivity contribution in [1.82, 2.24) is 0 Å². The summed E-state index contributed by atoms with van der Waals surface area (Å²) in [6.07, 6.45) is 0.0623. The Kier molecular flexibility index (Phi) is 7.05. The van der Waals surface area contributed by atoms with Gasteiger partial charge in [0.2, 0.25) is 5.91 Å². The molecule has 0 unspecified atom stereocenters. The zero-order valence-corrected chi connectivity index (χ0v) is 17.0. The Hall–Kier alpha value is -3.80. The lowest BCUT2D eigenvalue weighted by molar-refractivity contribution is -0.114. The molecule has 0 atom stereocenters. The van der Waals surface area contributed by atoms with Crippen LogP contribution in [-0.4, -0.2) is 24.5 Å². The number of rotatable bonds is 8. The molecule has 0 saturated heterocycles. The van der Waals surface area contributed by atoms with Crippen LogP contribution in [-0.2, 0) is 4.79 Å². The normalized spacial score (nSPS) is 10.4. The Balaban J connectivity index is 1.54. The van der Waals surface area contributed by atoms with Gasteiger partial charge >= 0.3 is 0 Å². The molecule has 6 nitrogen and oxygen atoms in total. The number of hydrogen-bond acceptors (Lipinski definition) is 4. The molecule has 3 aromatic rings. The van der Waals surface area contributed by atoms with E-state index in [4.69, 9.17) is 4.74 Å². The summed E-state index contributed by atoms with van der Waals surface area (Å²) in [7, 11) is 0. The van der Waals surface area contributed by atoms with Gasteiger partial charge < -0.3 is 20.7 Å². The highest BCUT2D eigenvalue weighted by molar-refractivity contribution is 6.04. The lowest BCUT2D eigenvalue weighted by Gasteiger charge is -2.12. The number of nitrogens with one attached hydrogen (secondary N) is 3. The Bertz CT molecular complexity index is 1000. The predicted octanol–water partition coefficient (Wildman–Crippen LogP) is 4.78. The van der Waals surface area contributed by atoms with Crippen LogP contribution in [0.2, 0.25) is 0 Å². The minimum Gasteiger partial charge on any atom is -0.491 e. The molecule has 0 fully saturated rings. The van der Waals surface area contributed by atoms with Crippen LogP contribution >= 0.6 is 0 Å². The second-order valence-corrected chi connectivity index (χ2v) is 7.00. The fraction of sp³-hybridized carbons (Fsp3) is 0.167. The second kappa shape index (κ2) is 10.1. The zero-order chi connectivity index (χ0) is 21.3. The van der Waals surface area contributed by atoms with E-state index >= 15 is 0 Å². The van der Waals surface area contributed by atoms with E-state index in [1.165, 1.54) is 0 Å². The summed E-state index contributed by atoms with van der Waals surface area (Å²) in [6, 6.07) is 23.5. The largest absolute Gasteiger partial charge is 0.491 e. The van der Waals surface area contributed by atoms with Gasteiger partial charge in [0.05, 0.1) is 12.6 Å².